The lowest BCUT2D eigenvalue weighted by Gasteiger charge is -2.06. The molecule has 0 aliphatic rings. The molecule has 1 rings (SSSR count). The number of halogens is 1. The van der Waals surface area contributed by atoms with Gasteiger partial charge in [0.15, 0.2) is 0 Å². The zero-order valence-corrected chi connectivity index (χ0v) is 12.8. The molecule has 19 heavy (non-hydrogen) atoms. The monoisotopic (exact) mass is 327 g/mol. The van der Waals surface area contributed by atoms with Gasteiger partial charge < -0.3 is 0 Å². The average molecular weight is 328 g/mol. The number of benzene rings is 1. The van der Waals surface area contributed by atoms with Gasteiger partial charge in [0, 0.05) is 11.8 Å². The Labute approximate surface area is 123 Å². The van der Waals surface area contributed by atoms with Crippen molar-refractivity contribution in [2.45, 2.75) is 45.1 Å². The molecule has 0 aliphatic heterocycles. The molecule has 3 nitrogen and oxygen atoms in total. The van der Waals surface area contributed by atoms with Gasteiger partial charge in [0.2, 0.25) is 5.91 Å². The van der Waals surface area contributed by atoms with E-state index in [1.807, 2.05) is 30.3 Å². The van der Waals surface area contributed by atoms with E-state index in [1.54, 1.807) is 0 Å². The van der Waals surface area contributed by atoms with Crippen molar-refractivity contribution in [2.24, 2.45) is 0 Å². The minimum absolute atomic E-state index is 0.0311. The van der Waals surface area contributed by atoms with Crippen molar-refractivity contribution in [3.8, 4) is 0 Å². The third-order valence-corrected chi connectivity index (χ3v) is 3.37. The molecule has 1 amide bonds. The molecule has 0 heterocycles. The summed E-state index contributed by atoms with van der Waals surface area (Å²) in [6.45, 7) is 0.415. The minimum atomic E-state index is -0.0311. The fourth-order valence-electron chi connectivity index (χ4n) is 1.74. The molecule has 0 radical (unpaired) electrons. The number of unbranched alkanes of at least 4 members (excludes halogenated alkanes) is 4. The molecule has 4 heteroatoms. The number of alkyl halides is 1. The Kier molecular flexibility index (Phi) is 9.37. The maximum Gasteiger partial charge on any atom is 0.243 e. The topological polar surface area (TPSA) is 38.3 Å². The Balaban J connectivity index is 1.96. The SMILES string of the molecule is O=C(CCCCCCCBr)NOCc1ccccc1. The van der Waals surface area contributed by atoms with Crippen LogP contribution >= 0.6 is 15.9 Å². The van der Waals surface area contributed by atoms with Crippen LogP contribution in [0.3, 0.4) is 0 Å². The van der Waals surface area contributed by atoms with Gasteiger partial charge in [-0.1, -0.05) is 65.5 Å². The van der Waals surface area contributed by atoms with Crippen molar-refractivity contribution in [2.75, 3.05) is 5.33 Å². The second-order valence-electron chi connectivity index (χ2n) is 4.51. The fourth-order valence-corrected chi connectivity index (χ4v) is 2.13. The number of hydrogen-bond donors (Lipinski definition) is 1. The lowest BCUT2D eigenvalue weighted by molar-refractivity contribution is -0.134. The normalized spacial score (nSPS) is 10.4. The molecule has 1 N–H and O–H groups in total. The highest BCUT2D eigenvalue weighted by Crippen LogP contribution is 2.06. The van der Waals surface area contributed by atoms with E-state index < -0.39 is 0 Å². The van der Waals surface area contributed by atoms with Gasteiger partial charge in [0.05, 0.1) is 6.61 Å². The summed E-state index contributed by atoms with van der Waals surface area (Å²) in [6, 6.07) is 9.80. The third kappa shape index (κ3) is 8.78. The van der Waals surface area contributed by atoms with Crippen LogP contribution in [0.5, 0.6) is 0 Å². The molecule has 1 aromatic carbocycles. The Hall–Kier alpha value is -0.870. The number of amides is 1. The van der Waals surface area contributed by atoms with Crippen molar-refractivity contribution < 1.29 is 9.63 Å². The van der Waals surface area contributed by atoms with E-state index in [-0.39, 0.29) is 5.91 Å². The molecule has 106 valence electrons. The Morgan fingerprint density at radius 1 is 1.05 bits per heavy atom. The smallest absolute Gasteiger partial charge is 0.243 e. The van der Waals surface area contributed by atoms with Gasteiger partial charge in [-0.15, -0.1) is 0 Å². The highest BCUT2D eigenvalue weighted by atomic mass is 79.9. The first-order chi connectivity index (χ1) is 9.33. The lowest BCUT2D eigenvalue weighted by atomic mass is 10.1. The van der Waals surface area contributed by atoms with Gasteiger partial charge in [-0.3, -0.25) is 9.63 Å². The molecular weight excluding hydrogens is 306 g/mol. The van der Waals surface area contributed by atoms with Crippen LogP contribution in [0.1, 0.15) is 44.1 Å². The Bertz CT molecular complexity index is 343. The average Bonchev–Trinajstić information content (AvgIpc) is 2.44. The van der Waals surface area contributed by atoms with Crippen LogP contribution in [0.15, 0.2) is 30.3 Å². The first-order valence-corrected chi connectivity index (χ1v) is 7.95. The first-order valence-electron chi connectivity index (χ1n) is 6.83. The van der Waals surface area contributed by atoms with Crippen LogP contribution in [0, 0.1) is 0 Å². The van der Waals surface area contributed by atoms with Gasteiger partial charge >= 0.3 is 0 Å². The predicted molar refractivity (Wildman–Crippen MR) is 80.9 cm³/mol. The van der Waals surface area contributed by atoms with Gasteiger partial charge in [0.1, 0.15) is 0 Å². The summed E-state index contributed by atoms with van der Waals surface area (Å²) in [5.41, 5.74) is 3.54. The number of rotatable bonds is 10. The molecule has 0 aliphatic carbocycles. The zero-order chi connectivity index (χ0) is 13.8. The molecule has 0 spiro atoms. The summed E-state index contributed by atoms with van der Waals surface area (Å²) < 4.78 is 0. The van der Waals surface area contributed by atoms with E-state index in [0.717, 1.165) is 23.7 Å². The van der Waals surface area contributed by atoms with E-state index in [1.165, 1.54) is 19.3 Å². The number of carbonyl (C=O) groups excluding carboxylic acids is 1. The van der Waals surface area contributed by atoms with E-state index in [4.69, 9.17) is 4.84 Å². The Morgan fingerprint density at radius 2 is 1.74 bits per heavy atom. The highest BCUT2D eigenvalue weighted by molar-refractivity contribution is 9.09. The maximum atomic E-state index is 11.5. The predicted octanol–water partition coefficient (Wildman–Crippen LogP) is 3.97. The molecule has 0 fully saturated rings. The molecule has 0 atom stereocenters. The van der Waals surface area contributed by atoms with Crippen LogP contribution in [0.4, 0.5) is 0 Å². The molecule has 0 unspecified atom stereocenters. The highest BCUT2D eigenvalue weighted by Gasteiger charge is 2.01. The summed E-state index contributed by atoms with van der Waals surface area (Å²) in [5, 5.41) is 1.07. The van der Waals surface area contributed by atoms with Crippen LogP contribution in [-0.4, -0.2) is 11.2 Å². The van der Waals surface area contributed by atoms with Crippen molar-refractivity contribution in [3.63, 3.8) is 0 Å². The van der Waals surface area contributed by atoms with Crippen molar-refractivity contribution >= 4 is 21.8 Å². The van der Waals surface area contributed by atoms with Gasteiger partial charge in [-0.2, -0.15) is 0 Å². The van der Waals surface area contributed by atoms with Gasteiger partial charge in [0.25, 0.3) is 0 Å². The lowest BCUT2D eigenvalue weighted by Crippen LogP contribution is -2.23. The Morgan fingerprint density at radius 3 is 2.47 bits per heavy atom. The molecule has 0 bridgehead atoms. The molecule has 1 aromatic rings. The number of hydrogen-bond acceptors (Lipinski definition) is 2. The van der Waals surface area contributed by atoms with Crippen molar-refractivity contribution in [1.82, 2.24) is 5.48 Å². The van der Waals surface area contributed by atoms with Crippen LogP contribution < -0.4 is 5.48 Å². The summed E-state index contributed by atoms with van der Waals surface area (Å²) in [5.74, 6) is -0.0311. The van der Waals surface area contributed by atoms with E-state index in [9.17, 15) is 4.79 Å². The van der Waals surface area contributed by atoms with E-state index >= 15 is 0 Å². The largest absolute Gasteiger partial charge is 0.273 e. The number of hydroxylamine groups is 1. The summed E-state index contributed by atoms with van der Waals surface area (Å²) in [4.78, 5) is 16.6. The molecular formula is C15H22BrNO2. The third-order valence-electron chi connectivity index (χ3n) is 2.81. The fraction of sp³-hybridized carbons (Fsp3) is 0.533. The summed E-state index contributed by atoms with van der Waals surface area (Å²) >= 11 is 3.41. The quantitative estimate of drug-likeness (QED) is 0.401. The van der Waals surface area contributed by atoms with Crippen LogP contribution in [0.2, 0.25) is 0 Å². The summed E-state index contributed by atoms with van der Waals surface area (Å²) in [7, 11) is 0. The second kappa shape index (κ2) is 11.0. The molecule has 0 aromatic heterocycles. The van der Waals surface area contributed by atoms with Crippen LogP contribution in [0.25, 0.3) is 0 Å². The van der Waals surface area contributed by atoms with Crippen molar-refractivity contribution in [1.29, 1.82) is 0 Å². The molecule has 0 saturated carbocycles. The van der Waals surface area contributed by atoms with E-state index in [0.29, 0.717) is 13.0 Å². The van der Waals surface area contributed by atoms with E-state index in [2.05, 4.69) is 21.4 Å². The minimum Gasteiger partial charge on any atom is -0.273 e. The molecule has 0 saturated heterocycles. The number of nitrogens with one attached hydrogen (secondary N) is 1. The van der Waals surface area contributed by atoms with Gasteiger partial charge in [-0.25, -0.2) is 5.48 Å². The second-order valence-corrected chi connectivity index (χ2v) is 5.30. The van der Waals surface area contributed by atoms with Gasteiger partial charge in [-0.05, 0) is 18.4 Å². The standard InChI is InChI=1S/C15H22BrNO2/c16-12-8-3-1-2-7-11-15(18)17-19-13-14-9-5-4-6-10-14/h4-6,9-10H,1-3,7-8,11-13H2,(H,17,18). The zero-order valence-electron chi connectivity index (χ0n) is 11.2. The van der Waals surface area contributed by atoms with Crippen LogP contribution in [-0.2, 0) is 16.2 Å². The first kappa shape index (κ1) is 16.2. The number of carbonyl (C=O) groups is 1. The van der Waals surface area contributed by atoms with Crippen molar-refractivity contribution in [3.05, 3.63) is 35.9 Å². The summed E-state index contributed by atoms with van der Waals surface area (Å²) in [6.07, 6.45) is 6.23. The maximum absolute atomic E-state index is 11.5.